The van der Waals surface area contributed by atoms with Crippen LogP contribution < -0.4 is 10.1 Å². The Kier molecular flexibility index (Phi) is 5.08. The van der Waals surface area contributed by atoms with Crippen LogP contribution in [0.5, 0.6) is 11.5 Å². The van der Waals surface area contributed by atoms with E-state index in [1.807, 2.05) is 0 Å². The fourth-order valence-electron chi connectivity index (χ4n) is 2.51. The molecular weight excluding hydrogens is 378 g/mol. The number of aromatic nitrogens is 2. The lowest BCUT2D eigenvalue weighted by Gasteiger charge is -2.14. The van der Waals surface area contributed by atoms with E-state index in [1.165, 1.54) is 37.4 Å². The van der Waals surface area contributed by atoms with Crippen LogP contribution in [-0.2, 0) is 13.2 Å². The van der Waals surface area contributed by atoms with Gasteiger partial charge in [0.15, 0.2) is 11.4 Å². The predicted molar refractivity (Wildman–Crippen MR) is 93.8 cm³/mol. The number of carbonyl (C=O) groups excluding carboxylic acids is 1. The molecule has 1 heterocycles. The number of nitrogens with one attached hydrogen (secondary N) is 1. The summed E-state index contributed by atoms with van der Waals surface area (Å²) in [5.74, 6) is -1.12. The first-order valence-corrected chi connectivity index (χ1v) is 8.10. The van der Waals surface area contributed by atoms with E-state index in [-0.39, 0.29) is 17.2 Å². The second kappa shape index (κ2) is 7.34. The molecule has 0 saturated carbocycles. The van der Waals surface area contributed by atoms with Gasteiger partial charge in [-0.05, 0) is 30.7 Å². The zero-order valence-electron chi connectivity index (χ0n) is 14.8. The van der Waals surface area contributed by atoms with E-state index in [2.05, 4.69) is 10.4 Å². The zero-order chi connectivity index (χ0) is 20.5. The average Bonchev–Trinajstić information content (AvgIpc) is 3.02. The molecule has 28 heavy (non-hydrogen) atoms. The van der Waals surface area contributed by atoms with Crippen molar-refractivity contribution in [3.8, 4) is 11.5 Å². The van der Waals surface area contributed by atoms with Gasteiger partial charge in [-0.2, -0.15) is 18.3 Å². The quantitative estimate of drug-likeness (QED) is 0.640. The van der Waals surface area contributed by atoms with Crippen molar-refractivity contribution in [2.45, 2.75) is 13.1 Å². The summed E-state index contributed by atoms with van der Waals surface area (Å²) in [6.07, 6.45) is -3.79. The first kappa shape index (κ1) is 19.4. The summed E-state index contributed by atoms with van der Waals surface area (Å²) in [7, 11) is 1.29. The Bertz CT molecular complexity index is 1030. The highest BCUT2D eigenvalue weighted by Crippen LogP contribution is 2.34. The van der Waals surface area contributed by atoms with Crippen LogP contribution in [0.1, 0.15) is 21.6 Å². The average molecular weight is 393 g/mol. The Balaban J connectivity index is 1.90. The summed E-state index contributed by atoms with van der Waals surface area (Å²) in [4.78, 5) is 12.4. The molecule has 0 unspecified atom stereocenters. The molecule has 0 aliphatic heterocycles. The summed E-state index contributed by atoms with van der Waals surface area (Å²) in [5.41, 5.74) is -1.12. The van der Waals surface area contributed by atoms with Crippen LogP contribution >= 0.6 is 0 Å². The number of aryl methyl sites for hydroxylation is 2. The van der Waals surface area contributed by atoms with Gasteiger partial charge in [0.05, 0.1) is 11.3 Å². The number of amides is 1. The highest BCUT2D eigenvalue weighted by molar-refractivity contribution is 6.05. The Morgan fingerprint density at radius 3 is 2.57 bits per heavy atom. The van der Waals surface area contributed by atoms with E-state index in [0.717, 1.165) is 10.9 Å². The molecule has 0 fully saturated rings. The number of nitrogens with zero attached hydrogens (tertiary/aromatic N) is 2. The number of carbonyl (C=O) groups is 1. The zero-order valence-corrected chi connectivity index (χ0v) is 14.8. The van der Waals surface area contributed by atoms with Gasteiger partial charge in [-0.1, -0.05) is 18.2 Å². The molecule has 0 saturated heterocycles. The van der Waals surface area contributed by atoms with E-state index < -0.39 is 29.2 Å². The molecule has 1 aromatic heterocycles. The lowest BCUT2D eigenvalue weighted by molar-refractivity contribution is -0.141. The van der Waals surface area contributed by atoms with Crippen LogP contribution in [0, 0.1) is 12.7 Å². The van der Waals surface area contributed by atoms with Crippen LogP contribution in [0.15, 0.2) is 48.7 Å². The van der Waals surface area contributed by atoms with Gasteiger partial charge in [0.2, 0.25) is 0 Å². The van der Waals surface area contributed by atoms with Crippen molar-refractivity contribution in [3.05, 3.63) is 71.3 Å². The maximum atomic E-state index is 13.5. The number of anilines is 1. The van der Waals surface area contributed by atoms with Gasteiger partial charge < -0.3 is 10.1 Å². The van der Waals surface area contributed by atoms with Gasteiger partial charge in [0.25, 0.3) is 5.91 Å². The first-order valence-electron chi connectivity index (χ1n) is 8.10. The predicted octanol–water partition coefficient (Wildman–Crippen LogP) is 4.93. The van der Waals surface area contributed by atoms with E-state index in [9.17, 15) is 22.4 Å². The van der Waals surface area contributed by atoms with Crippen molar-refractivity contribution in [2.75, 3.05) is 5.32 Å². The number of alkyl halides is 3. The number of halogens is 4. The molecule has 9 heteroatoms. The number of hydrogen-bond acceptors (Lipinski definition) is 3. The molecule has 0 spiro atoms. The number of para-hydroxylation sites is 2. The molecule has 3 aromatic rings. The lowest BCUT2D eigenvalue weighted by Crippen LogP contribution is -2.18. The summed E-state index contributed by atoms with van der Waals surface area (Å²) in [6.45, 7) is 1.71. The Morgan fingerprint density at radius 2 is 1.86 bits per heavy atom. The molecule has 2 aromatic carbocycles. The van der Waals surface area contributed by atoms with Crippen molar-refractivity contribution < 1.29 is 27.1 Å². The molecule has 146 valence electrons. The smallest absolute Gasteiger partial charge is 0.435 e. The molecule has 0 atom stereocenters. The summed E-state index contributed by atoms with van der Waals surface area (Å²) in [5, 5.41) is 5.71. The van der Waals surface area contributed by atoms with E-state index in [4.69, 9.17) is 4.74 Å². The fourth-order valence-corrected chi connectivity index (χ4v) is 2.51. The highest BCUT2D eigenvalue weighted by Gasteiger charge is 2.39. The minimum atomic E-state index is -4.78. The monoisotopic (exact) mass is 393 g/mol. The lowest BCUT2D eigenvalue weighted by atomic mass is 10.2. The van der Waals surface area contributed by atoms with Gasteiger partial charge in [0.1, 0.15) is 11.6 Å². The molecule has 0 bridgehead atoms. The third-order valence-electron chi connectivity index (χ3n) is 3.85. The van der Waals surface area contributed by atoms with E-state index in [0.29, 0.717) is 5.56 Å². The molecule has 5 nitrogen and oxygen atoms in total. The Morgan fingerprint density at radius 1 is 1.14 bits per heavy atom. The molecule has 3 rings (SSSR count). The highest BCUT2D eigenvalue weighted by atomic mass is 19.4. The number of hydrogen-bond donors (Lipinski definition) is 1. The normalized spacial score (nSPS) is 11.4. The summed E-state index contributed by atoms with van der Waals surface area (Å²) < 4.78 is 59.3. The van der Waals surface area contributed by atoms with Crippen molar-refractivity contribution in [2.24, 2.45) is 7.05 Å². The van der Waals surface area contributed by atoms with E-state index >= 15 is 0 Å². The topological polar surface area (TPSA) is 56.1 Å². The maximum Gasteiger partial charge on any atom is 0.435 e. The van der Waals surface area contributed by atoms with Crippen LogP contribution in [0.25, 0.3) is 0 Å². The van der Waals surface area contributed by atoms with Crippen LogP contribution in [0.4, 0.5) is 23.2 Å². The van der Waals surface area contributed by atoms with Gasteiger partial charge in [-0.15, -0.1) is 0 Å². The van der Waals surface area contributed by atoms with Gasteiger partial charge >= 0.3 is 6.18 Å². The van der Waals surface area contributed by atoms with Crippen LogP contribution in [-0.4, -0.2) is 15.7 Å². The van der Waals surface area contributed by atoms with Crippen LogP contribution in [0.3, 0.4) is 0 Å². The van der Waals surface area contributed by atoms with Gasteiger partial charge in [-0.25, -0.2) is 4.39 Å². The molecule has 0 radical (unpaired) electrons. The van der Waals surface area contributed by atoms with Crippen LogP contribution in [0.2, 0.25) is 0 Å². The first-order chi connectivity index (χ1) is 13.1. The fraction of sp³-hybridized carbons (Fsp3) is 0.158. The molecule has 1 amide bonds. The second-order valence-electron chi connectivity index (χ2n) is 6.02. The minimum absolute atomic E-state index is 0.133. The standard InChI is InChI=1S/C19H15F4N3O2/c1-11-7-8-12(20)9-16(11)28-15-6-4-3-5-14(15)24-18(27)13-10-26(2)25-17(13)19(21,22)23/h3-10H,1-2H3,(H,24,27). The van der Waals surface area contributed by atoms with Crippen molar-refractivity contribution >= 4 is 11.6 Å². The molecule has 0 aliphatic rings. The Hall–Kier alpha value is -3.36. The minimum Gasteiger partial charge on any atom is -0.455 e. The largest absolute Gasteiger partial charge is 0.455 e. The van der Waals surface area contributed by atoms with Gasteiger partial charge in [0, 0.05) is 19.3 Å². The van der Waals surface area contributed by atoms with Crippen molar-refractivity contribution in [1.29, 1.82) is 0 Å². The third kappa shape index (κ3) is 4.13. The molecular formula is C19H15F4N3O2. The van der Waals surface area contributed by atoms with Crippen molar-refractivity contribution in [3.63, 3.8) is 0 Å². The Labute approximate surface area is 157 Å². The number of rotatable bonds is 4. The summed E-state index contributed by atoms with van der Waals surface area (Å²) in [6, 6.07) is 10.1. The van der Waals surface area contributed by atoms with Crippen molar-refractivity contribution in [1.82, 2.24) is 9.78 Å². The SMILES string of the molecule is Cc1ccc(F)cc1Oc1ccccc1NC(=O)c1cn(C)nc1C(F)(F)F. The summed E-state index contributed by atoms with van der Waals surface area (Å²) >= 11 is 0. The number of ether oxygens (including phenoxy) is 1. The molecule has 0 aliphatic carbocycles. The second-order valence-corrected chi connectivity index (χ2v) is 6.02. The van der Waals surface area contributed by atoms with E-state index in [1.54, 1.807) is 19.1 Å². The number of benzene rings is 2. The molecule has 1 N–H and O–H groups in total. The third-order valence-corrected chi connectivity index (χ3v) is 3.85. The van der Waals surface area contributed by atoms with Gasteiger partial charge in [-0.3, -0.25) is 9.48 Å². The maximum absolute atomic E-state index is 13.5.